The molecule has 0 saturated carbocycles. The van der Waals surface area contributed by atoms with E-state index in [9.17, 15) is 9.59 Å². The molecule has 0 N–H and O–H groups in total. The summed E-state index contributed by atoms with van der Waals surface area (Å²) >= 11 is 0. The summed E-state index contributed by atoms with van der Waals surface area (Å²) in [6, 6.07) is 13.6. The Hall–Kier alpha value is -3.52. The topological polar surface area (TPSA) is 71.6 Å². The molecular formula is C29H37N3O5. The predicted molar refractivity (Wildman–Crippen MR) is 142 cm³/mol. The molecule has 2 aromatic rings. The number of ether oxygens (including phenoxy) is 3. The first-order valence-electron chi connectivity index (χ1n) is 12.8. The van der Waals surface area contributed by atoms with Crippen molar-refractivity contribution in [2.45, 2.75) is 37.8 Å². The molecular weight excluding hydrogens is 470 g/mol. The molecule has 8 nitrogen and oxygen atoms in total. The van der Waals surface area contributed by atoms with E-state index in [0.717, 1.165) is 11.1 Å². The molecule has 2 aromatic carbocycles. The Morgan fingerprint density at radius 1 is 0.946 bits per heavy atom. The van der Waals surface area contributed by atoms with Crippen molar-refractivity contribution in [1.29, 1.82) is 0 Å². The standard InChI is InChI=1S/C29H37N3O5/c1-5-6-15-31-27(33)29(32(28(31)34)16-12-22-10-8-7-9-11-22)13-17-30(18-14-29)21-24-25(36-3)19-23(35-2)20-26(24)37-4/h5,7-11,19-20H,1,6,12-18,21H2,2-4H3. The van der Waals surface area contributed by atoms with Crippen molar-refractivity contribution in [2.75, 3.05) is 47.5 Å². The number of nitrogens with zero attached hydrogens (tertiary/aromatic N) is 3. The molecule has 2 saturated heterocycles. The van der Waals surface area contributed by atoms with Crippen molar-refractivity contribution in [3.63, 3.8) is 0 Å². The third-order valence-electron chi connectivity index (χ3n) is 7.53. The lowest BCUT2D eigenvalue weighted by Gasteiger charge is -2.42. The van der Waals surface area contributed by atoms with Gasteiger partial charge in [0.05, 0.1) is 26.9 Å². The molecule has 0 radical (unpaired) electrons. The molecule has 2 aliphatic heterocycles. The lowest BCUT2D eigenvalue weighted by atomic mass is 9.85. The number of benzene rings is 2. The highest BCUT2D eigenvalue weighted by atomic mass is 16.5. The van der Waals surface area contributed by atoms with Crippen molar-refractivity contribution in [3.05, 3.63) is 66.2 Å². The van der Waals surface area contributed by atoms with E-state index in [4.69, 9.17) is 14.2 Å². The van der Waals surface area contributed by atoms with Crippen LogP contribution >= 0.6 is 0 Å². The fourth-order valence-corrected chi connectivity index (χ4v) is 5.42. The van der Waals surface area contributed by atoms with Gasteiger partial charge in [-0.25, -0.2) is 4.79 Å². The molecule has 1 spiro atoms. The van der Waals surface area contributed by atoms with Crippen LogP contribution in [0.15, 0.2) is 55.1 Å². The van der Waals surface area contributed by atoms with E-state index in [1.165, 1.54) is 4.90 Å². The average molecular weight is 508 g/mol. The van der Waals surface area contributed by atoms with Gasteiger partial charge in [-0.1, -0.05) is 36.4 Å². The fourth-order valence-electron chi connectivity index (χ4n) is 5.42. The third kappa shape index (κ3) is 5.30. The average Bonchev–Trinajstić information content (AvgIpc) is 3.12. The molecule has 2 heterocycles. The van der Waals surface area contributed by atoms with Gasteiger partial charge in [0, 0.05) is 44.9 Å². The highest BCUT2D eigenvalue weighted by Crippen LogP contribution is 2.40. The minimum atomic E-state index is -0.808. The summed E-state index contributed by atoms with van der Waals surface area (Å²) in [6.45, 7) is 6.60. The SMILES string of the molecule is C=CCCN1C(=O)N(CCc2ccccc2)C2(CCN(Cc3c(OC)cc(OC)cc3OC)CC2)C1=O. The van der Waals surface area contributed by atoms with Gasteiger partial charge >= 0.3 is 6.03 Å². The molecule has 0 aliphatic carbocycles. The molecule has 37 heavy (non-hydrogen) atoms. The highest BCUT2D eigenvalue weighted by Gasteiger charge is 2.57. The van der Waals surface area contributed by atoms with Crippen molar-refractivity contribution in [1.82, 2.24) is 14.7 Å². The third-order valence-corrected chi connectivity index (χ3v) is 7.53. The Bertz CT molecular complexity index is 1090. The lowest BCUT2D eigenvalue weighted by molar-refractivity contribution is -0.135. The smallest absolute Gasteiger partial charge is 0.327 e. The lowest BCUT2D eigenvalue weighted by Crippen LogP contribution is -2.56. The minimum absolute atomic E-state index is 0.0772. The van der Waals surface area contributed by atoms with Gasteiger partial charge in [0.1, 0.15) is 22.8 Å². The predicted octanol–water partition coefficient (Wildman–Crippen LogP) is 4.13. The van der Waals surface area contributed by atoms with Crippen LogP contribution in [0.4, 0.5) is 4.79 Å². The van der Waals surface area contributed by atoms with Crippen molar-refractivity contribution in [2.24, 2.45) is 0 Å². The molecule has 0 aromatic heterocycles. The van der Waals surface area contributed by atoms with Crippen LogP contribution in [0, 0.1) is 0 Å². The first-order chi connectivity index (χ1) is 18.0. The minimum Gasteiger partial charge on any atom is -0.496 e. The van der Waals surface area contributed by atoms with E-state index in [0.29, 0.717) is 75.7 Å². The summed E-state index contributed by atoms with van der Waals surface area (Å²) in [5, 5.41) is 0. The van der Waals surface area contributed by atoms with Crippen molar-refractivity contribution < 1.29 is 23.8 Å². The Balaban J connectivity index is 1.53. The zero-order valence-electron chi connectivity index (χ0n) is 22.1. The monoisotopic (exact) mass is 507 g/mol. The van der Waals surface area contributed by atoms with Crippen LogP contribution in [-0.4, -0.2) is 79.7 Å². The normalized spacial score (nSPS) is 17.4. The second-order valence-corrected chi connectivity index (χ2v) is 9.52. The summed E-state index contributed by atoms with van der Waals surface area (Å²) in [6.07, 6.45) is 4.21. The second-order valence-electron chi connectivity index (χ2n) is 9.52. The molecule has 4 rings (SSSR count). The molecule has 0 atom stereocenters. The Kier molecular flexibility index (Phi) is 8.38. The number of carbonyl (C=O) groups is 2. The van der Waals surface area contributed by atoms with Gasteiger partial charge in [0.15, 0.2) is 0 Å². The number of hydrogen-bond donors (Lipinski definition) is 0. The van der Waals surface area contributed by atoms with Gasteiger partial charge in [-0.2, -0.15) is 0 Å². The zero-order valence-corrected chi connectivity index (χ0v) is 22.1. The maximum Gasteiger partial charge on any atom is 0.327 e. The van der Waals surface area contributed by atoms with E-state index in [2.05, 4.69) is 23.6 Å². The number of likely N-dealkylation sites (tertiary alicyclic amines) is 1. The van der Waals surface area contributed by atoms with Gasteiger partial charge in [0.25, 0.3) is 5.91 Å². The first-order valence-corrected chi connectivity index (χ1v) is 12.8. The summed E-state index contributed by atoms with van der Waals surface area (Å²) in [4.78, 5) is 32.7. The zero-order chi connectivity index (χ0) is 26.4. The first kappa shape index (κ1) is 26.5. The highest BCUT2D eigenvalue weighted by molar-refractivity contribution is 6.07. The number of urea groups is 1. The number of hydrogen-bond acceptors (Lipinski definition) is 6. The number of amides is 3. The Morgan fingerprint density at radius 3 is 2.16 bits per heavy atom. The van der Waals surface area contributed by atoms with E-state index in [1.54, 1.807) is 27.4 Å². The van der Waals surface area contributed by atoms with Crippen molar-refractivity contribution in [3.8, 4) is 17.2 Å². The molecule has 2 aliphatic rings. The van der Waals surface area contributed by atoms with Gasteiger partial charge in [-0.15, -0.1) is 6.58 Å². The number of piperidine rings is 1. The molecule has 3 amide bonds. The number of methoxy groups -OCH3 is 3. The molecule has 198 valence electrons. The van der Waals surface area contributed by atoms with E-state index >= 15 is 0 Å². The number of carbonyl (C=O) groups excluding carboxylic acids is 2. The van der Waals surface area contributed by atoms with Crippen LogP contribution in [0.2, 0.25) is 0 Å². The Labute approximate surface area is 219 Å². The molecule has 0 bridgehead atoms. The van der Waals surface area contributed by atoms with E-state index in [-0.39, 0.29) is 11.9 Å². The van der Waals surface area contributed by atoms with Crippen LogP contribution in [0.5, 0.6) is 17.2 Å². The number of rotatable bonds is 11. The van der Waals surface area contributed by atoms with Crippen LogP contribution < -0.4 is 14.2 Å². The van der Waals surface area contributed by atoms with E-state index in [1.807, 2.05) is 35.2 Å². The van der Waals surface area contributed by atoms with Crippen LogP contribution in [0.25, 0.3) is 0 Å². The number of imide groups is 1. The summed E-state index contributed by atoms with van der Waals surface area (Å²) < 4.78 is 16.6. The van der Waals surface area contributed by atoms with Crippen molar-refractivity contribution >= 4 is 11.9 Å². The molecule has 0 unspecified atom stereocenters. The molecule has 2 fully saturated rings. The fraction of sp³-hybridized carbons (Fsp3) is 0.448. The van der Waals surface area contributed by atoms with Gasteiger partial charge in [0.2, 0.25) is 0 Å². The van der Waals surface area contributed by atoms with Gasteiger partial charge in [-0.05, 0) is 31.2 Å². The maximum absolute atomic E-state index is 13.7. The summed E-state index contributed by atoms with van der Waals surface area (Å²) in [5.74, 6) is 1.98. The summed E-state index contributed by atoms with van der Waals surface area (Å²) in [7, 11) is 4.88. The van der Waals surface area contributed by atoms with Gasteiger partial charge < -0.3 is 19.1 Å². The quantitative estimate of drug-likeness (QED) is 0.337. The maximum atomic E-state index is 13.7. The van der Waals surface area contributed by atoms with Crippen LogP contribution in [0.1, 0.15) is 30.4 Å². The second kappa shape index (κ2) is 11.7. The van der Waals surface area contributed by atoms with Crippen LogP contribution in [-0.2, 0) is 17.8 Å². The molecule has 8 heteroatoms. The van der Waals surface area contributed by atoms with Crippen LogP contribution in [0.3, 0.4) is 0 Å². The van der Waals surface area contributed by atoms with E-state index < -0.39 is 5.54 Å². The Morgan fingerprint density at radius 2 is 1.59 bits per heavy atom. The van der Waals surface area contributed by atoms with Gasteiger partial charge in [-0.3, -0.25) is 14.6 Å². The largest absolute Gasteiger partial charge is 0.496 e. The summed E-state index contributed by atoms with van der Waals surface area (Å²) in [5.41, 5.74) is 1.28.